The topological polar surface area (TPSA) is 96.2 Å². The van der Waals surface area contributed by atoms with Gasteiger partial charge in [-0.2, -0.15) is 0 Å². The first-order valence-electron chi connectivity index (χ1n) is 8.33. The molecule has 0 amide bonds. The Morgan fingerprint density at radius 1 is 1.41 bits per heavy atom. The second-order valence-corrected chi connectivity index (χ2v) is 8.06. The molecule has 6 nitrogen and oxygen atoms in total. The lowest BCUT2D eigenvalue weighted by Gasteiger charge is -2.09. The van der Waals surface area contributed by atoms with E-state index in [2.05, 4.69) is 16.8 Å². The van der Waals surface area contributed by atoms with E-state index in [4.69, 9.17) is 10.1 Å². The molecule has 1 aliphatic rings. The number of nitrogens with zero attached hydrogens (tertiary/aromatic N) is 2. The predicted octanol–water partition coefficient (Wildman–Crippen LogP) is 3.96. The van der Waals surface area contributed by atoms with E-state index in [0.29, 0.717) is 27.6 Å². The molecule has 2 aromatic rings. The SMILES string of the molecule is C=CCc1cc(/C=C2\SC(=N)[C@@H](c3nnc(CC)s3)C2=O)cc(OC)c1O. The number of aromatic hydroxyl groups is 1. The third-order valence-electron chi connectivity index (χ3n) is 4.08. The number of methoxy groups -OCH3 is 1. The van der Waals surface area contributed by atoms with Gasteiger partial charge in [-0.25, -0.2) is 0 Å². The van der Waals surface area contributed by atoms with Gasteiger partial charge in [0.05, 0.1) is 17.1 Å². The molecule has 2 N–H and O–H groups in total. The molecule has 0 spiro atoms. The van der Waals surface area contributed by atoms with Gasteiger partial charge in [0, 0.05) is 5.56 Å². The summed E-state index contributed by atoms with van der Waals surface area (Å²) in [4.78, 5) is 13.3. The summed E-state index contributed by atoms with van der Waals surface area (Å²) in [6.45, 7) is 5.67. The average Bonchev–Trinajstić information content (AvgIpc) is 3.22. The van der Waals surface area contributed by atoms with Gasteiger partial charge in [-0.05, 0) is 36.6 Å². The highest BCUT2D eigenvalue weighted by Gasteiger charge is 2.39. The number of thioether (sulfide) groups is 1. The van der Waals surface area contributed by atoms with Crippen LogP contribution in [0, 0.1) is 5.41 Å². The second-order valence-electron chi connectivity index (χ2n) is 5.88. The summed E-state index contributed by atoms with van der Waals surface area (Å²) in [5.74, 6) is -0.427. The molecule has 0 radical (unpaired) electrons. The van der Waals surface area contributed by atoms with E-state index >= 15 is 0 Å². The van der Waals surface area contributed by atoms with Crippen LogP contribution in [0.2, 0.25) is 0 Å². The molecule has 0 aliphatic carbocycles. The summed E-state index contributed by atoms with van der Waals surface area (Å²) in [5.41, 5.74) is 1.38. The van der Waals surface area contributed by atoms with Crippen LogP contribution in [0.1, 0.15) is 34.0 Å². The number of carbonyl (C=O) groups excluding carboxylic acids is 1. The lowest BCUT2D eigenvalue weighted by molar-refractivity contribution is -0.114. The van der Waals surface area contributed by atoms with Crippen LogP contribution >= 0.6 is 23.1 Å². The molecule has 1 saturated heterocycles. The molecule has 27 heavy (non-hydrogen) atoms. The van der Waals surface area contributed by atoms with Crippen LogP contribution in [-0.2, 0) is 17.6 Å². The number of aryl methyl sites for hydroxylation is 1. The molecule has 1 aromatic heterocycles. The van der Waals surface area contributed by atoms with Crippen molar-refractivity contribution in [1.29, 1.82) is 5.41 Å². The number of Topliss-reactive ketones (excluding diaryl/α,β-unsaturated/α-hetero) is 1. The van der Waals surface area contributed by atoms with Crippen molar-refractivity contribution in [2.45, 2.75) is 25.7 Å². The number of ketones is 1. The Morgan fingerprint density at radius 3 is 2.81 bits per heavy atom. The Bertz CT molecular complexity index is 950. The number of benzene rings is 1. The maximum absolute atomic E-state index is 12.9. The van der Waals surface area contributed by atoms with Crippen molar-refractivity contribution < 1.29 is 14.6 Å². The third kappa shape index (κ3) is 3.81. The summed E-state index contributed by atoms with van der Waals surface area (Å²) in [6, 6.07) is 3.46. The monoisotopic (exact) mass is 401 g/mol. The van der Waals surface area contributed by atoms with E-state index < -0.39 is 5.92 Å². The number of hydrogen-bond donors (Lipinski definition) is 2. The van der Waals surface area contributed by atoms with Gasteiger partial charge in [-0.1, -0.05) is 24.8 Å². The standard InChI is InChI=1S/C19H19N3O3S2/c1-4-6-11-7-10(8-12(25-3)16(11)23)9-13-17(24)15(18(20)26-13)19-22-21-14(5-2)27-19/h4,7-9,15,20,23H,1,5-6H2,2-3H3/b13-9-,20-18?/t15-/m0/s1. The van der Waals surface area contributed by atoms with Gasteiger partial charge >= 0.3 is 0 Å². The fourth-order valence-electron chi connectivity index (χ4n) is 2.73. The summed E-state index contributed by atoms with van der Waals surface area (Å²) in [5, 5.41) is 28.2. The lowest BCUT2D eigenvalue weighted by Crippen LogP contribution is -2.11. The number of hydrogen-bond acceptors (Lipinski definition) is 8. The molecule has 1 aromatic carbocycles. The predicted molar refractivity (Wildman–Crippen MR) is 109 cm³/mol. The Kier molecular flexibility index (Phi) is 5.76. The van der Waals surface area contributed by atoms with E-state index in [1.165, 1.54) is 18.4 Å². The minimum Gasteiger partial charge on any atom is -0.504 e. The van der Waals surface area contributed by atoms with E-state index in [9.17, 15) is 9.90 Å². The van der Waals surface area contributed by atoms with Gasteiger partial charge in [0.15, 0.2) is 17.3 Å². The molecule has 1 fully saturated rings. The zero-order valence-electron chi connectivity index (χ0n) is 15.0. The number of aromatic nitrogens is 2. The quantitative estimate of drug-likeness (QED) is 0.562. The molecule has 140 valence electrons. The third-order valence-corrected chi connectivity index (χ3v) is 6.20. The van der Waals surface area contributed by atoms with Gasteiger partial charge in [0.2, 0.25) is 0 Å². The highest BCUT2D eigenvalue weighted by Crippen LogP contribution is 2.42. The molecular formula is C19H19N3O3S2. The van der Waals surface area contributed by atoms with Crippen LogP contribution in [0.25, 0.3) is 6.08 Å². The van der Waals surface area contributed by atoms with Crippen molar-refractivity contribution in [2.75, 3.05) is 7.11 Å². The second kappa shape index (κ2) is 8.06. The Morgan fingerprint density at radius 2 is 2.19 bits per heavy atom. The van der Waals surface area contributed by atoms with Gasteiger partial charge in [0.1, 0.15) is 15.9 Å². The van der Waals surface area contributed by atoms with Crippen molar-refractivity contribution in [1.82, 2.24) is 10.2 Å². The normalized spacial score (nSPS) is 18.3. The van der Waals surface area contributed by atoms with Crippen molar-refractivity contribution in [3.8, 4) is 11.5 Å². The van der Waals surface area contributed by atoms with E-state index in [0.717, 1.165) is 28.8 Å². The van der Waals surface area contributed by atoms with Crippen LogP contribution in [-0.4, -0.2) is 33.2 Å². The number of rotatable bonds is 6. The first-order valence-corrected chi connectivity index (χ1v) is 9.97. The van der Waals surface area contributed by atoms with Crippen LogP contribution in [0.4, 0.5) is 0 Å². The number of phenolic OH excluding ortho intramolecular Hbond substituents is 1. The number of allylic oxidation sites excluding steroid dienone is 2. The fraction of sp³-hybridized carbons (Fsp3) is 0.263. The first kappa shape index (κ1) is 19.3. The molecule has 0 unspecified atom stereocenters. The van der Waals surface area contributed by atoms with E-state index in [1.54, 1.807) is 24.3 Å². The average molecular weight is 402 g/mol. The molecule has 8 heteroatoms. The number of ether oxygens (including phenoxy) is 1. The Hall–Kier alpha value is -2.45. The molecule has 0 saturated carbocycles. The molecular weight excluding hydrogens is 382 g/mol. The first-order chi connectivity index (χ1) is 13.0. The number of nitrogens with one attached hydrogen (secondary N) is 1. The van der Waals surface area contributed by atoms with Crippen LogP contribution < -0.4 is 4.74 Å². The van der Waals surface area contributed by atoms with Crippen molar-refractivity contribution in [2.24, 2.45) is 0 Å². The zero-order chi connectivity index (χ0) is 19.6. The summed E-state index contributed by atoms with van der Waals surface area (Å²) >= 11 is 2.51. The van der Waals surface area contributed by atoms with Gasteiger partial charge in [0.25, 0.3) is 0 Å². The van der Waals surface area contributed by atoms with Gasteiger partial charge < -0.3 is 9.84 Å². The maximum Gasteiger partial charge on any atom is 0.186 e. The minimum atomic E-state index is -0.675. The van der Waals surface area contributed by atoms with Gasteiger partial charge in [-0.15, -0.1) is 28.1 Å². The van der Waals surface area contributed by atoms with Crippen molar-refractivity contribution >= 4 is 40.0 Å². The molecule has 1 aliphatic heterocycles. The maximum atomic E-state index is 12.9. The number of phenols is 1. The lowest BCUT2D eigenvalue weighted by atomic mass is 10.0. The van der Waals surface area contributed by atoms with Crippen LogP contribution in [0.15, 0.2) is 29.7 Å². The van der Waals surface area contributed by atoms with Crippen LogP contribution in [0.5, 0.6) is 11.5 Å². The highest BCUT2D eigenvalue weighted by atomic mass is 32.2. The van der Waals surface area contributed by atoms with E-state index in [1.807, 2.05) is 6.92 Å². The minimum absolute atomic E-state index is 0.0662. The summed E-state index contributed by atoms with van der Waals surface area (Å²) in [6.07, 6.45) is 4.63. The van der Waals surface area contributed by atoms with Gasteiger partial charge in [-0.3, -0.25) is 10.2 Å². The summed E-state index contributed by atoms with van der Waals surface area (Å²) < 4.78 is 5.23. The summed E-state index contributed by atoms with van der Waals surface area (Å²) in [7, 11) is 1.48. The molecule has 0 bridgehead atoms. The molecule has 3 rings (SSSR count). The largest absolute Gasteiger partial charge is 0.504 e. The molecule has 1 atom stereocenters. The smallest absolute Gasteiger partial charge is 0.186 e. The molecule has 2 heterocycles. The van der Waals surface area contributed by atoms with Crippen LogP contribution in [0.3, 0.4) is 0 Å². The van der Waals surface area contributed by atoms with Crippen molar-refractivity contribution in [3.05, 3.63) is 50.8 Å². The fourth-order valence-corrected chi connectivity index (χ4v) is 4.68. The Balaban J connectivity index is 1.96. The van der Waals surface area contributed by atoms with Crippen molar-refractivity contribution in [3.63, 3.8) is 0 Å². The Labute approximate surface area is 165 Å². The zero-order valence-corrected chi connectivity index (χ0v) is 16.6. The van der Waals surface area contributed by atoms with E-state index in [-0.39, 0.29) is 16.6 Å². The highest BCUT2D eigenvalue weighted by molar-refractivity contribution is 8.19. The number of carbonyl (C=O) groups is 1.